The first-order valence-electron chi connectivity index (χ1n) is 7.55. The number of rotatable bonds is 7. The molecule has 6 heteroatoms. The molecule has 24 heavy (non-hydrogen) atoms. The van der Waals surface area contributed by atoms with Gasteiger partial charge in [0.25, 0.3) is 11.8 Å². The number of amides is 2. The molecule has 0 fully saturated rings. The second kappa shape index (κ2) is 8.01. The summed E-state index contributed by atoms with van der Waals surface area (Å²) >= 11 is 0. The van der Waals surface area contributed by atoms with E-state index in [1.165, 1.54) is 0 Å². The first kappa shape index (κ1) is 17.3. The minimum absolute atomic E-state index is 0.252. The number of hydrogen-bond donors (Lipinski definition) is 2. The third kappa shape index (κ3) is 4.25. The van der Waals surface area contributed by atoms with Crippen LogP contribution in [0, 0.1) is 0 Å². The second-order valence-electron chi connectivity index (χ2n) is 5.09. The van der Waals surface area contributed by atoms with Crippen molar-refractivity contribution in [2.24, 2.45) is 5.73 Å². The van der Waals surface area contributed by atoms with Gasteiger partial charge >= 0.3 is 0 Å². The molecule has 2 aromatic carbocycles. The molecular weight excluding hydrogens is 308 g/mol. The molecule has 0 aliphatic carbocycles. The van der Waals surface area contributed by atoms with Gasteiger partial charge in [-0.15, -0.1) is 0 Å². The fraction of sp³-hybridized carbons (Fsp3) is 0.222. The molecule has 1 atom stereocenters. The Morgan fingerprint density at radius 3 is 2.50 bits per heavy atom. The Morgan fingerprint density at radius 2 is 1.83 bits per heavy atom. The molecule has 0 saturated heterocycles. The summed E-state index contributed by atoms with van der Waals surface area (Å²) in [6.45, 7) is 1.84. The quantitative estimate of drug-likeness (QED) is 0.817. The van der Waals surface area contributed by atoms with E-state index in [4.69, 9.17) is 15.2 Å². The van der Waals surface area contributed by atoms with E-state index in [0.717, 1.165) is 0 Å². The van der Waals surface area contributed by atoms with Crippen molar-refractivity contribution in [1.29, 1.82) is 0 Å². The Balaban J connectivity index is 2.13. The van der Waals surface area contributed by atoms with Crippen LogP contribution < -0.4 is 20.5 Å². The average Bonchev–Trinajstić information content (AvgIpc) is 2.60. The molecular formula is C18H20N2O4. The highest BCUT2D eigenvalue weighted by molar-refractivity contribution is 6.04. The number of ether oxygens (including phenoxy) is 2. The molecule has 0 unspecified atom stereocenters. The first-order chi connectivity index (χ1) is 11.5. The predicted molar refractivity (Wildman–Crippen MR) is 91.3 cm³/mol. The number of carbonyl (C=O) groups is 2. The van der Waals surface area contributed by atoms with Gasteiger partial charge in [-0.1, -0.05) is 25.1 Å². The molecule has 0 aromatic heterocycles. The molecule has 0 radical (unpaired) electrons. The van der Waals surface area contributed by atoms with Gasteiger partial charge < -0.3 is 20.5 Å². The maximum absolute atomic E-state index is 12.5. The van der Waals surface area contributed by atoms with Crippen molar-refractivity contribution in [3.63, 3.8) is 0 Å². The number of nitrogens with one attached hydrogen (secondary N) is 1. The Bertz CT molecular complexity index is 730. The lowest BCUT2D eigenvalue weighted by Crippen LogP contribution is -2.33. The zero-order chi connectivity index (χ0) is 17.5. The molecule has 0 bridgehead atoms. The van der Waals surface area contributed by atoms with Gasteiger partial charge in [-0.05, 0) is 30.7 Å². The van der Waals surface area contributed by atoms with E-state index in [0.29, 0.717) is 23.6 Å². The maximum Gasteiger partial charge on any atom is 0.265 e. The first-order valence-corrected chi connectivity index (χ1v) is 7.55. The van der Waals surface area contributed by atoms with E-state index in [2.05, 4.69) is 5.32 Å². The average molecular weight is 328 g/mol. The Morgan fingerprint density at radius 1 is 1.12 bits per heavy atom. The molecule has 0 aliphatic rings. The van der Waals surface area contributed by atoms with Crippen LogP contribution in [0.5, 0.6) is 11.5 Å². The van der Waals surface area contributed by atoms with Crippen molar-refractivity contribution in [1.82, 2.24) is 0 Å². The van der Waals surface area contributed by atoms with Gasteiger partial charge in [-0.3, -0.25) is 9.59 Å². The van der Waals surface area contributed by atoms with Crippen molar-refractivity contribution in [2.45, 2.75) is 19.4 Å². The summed E-state index contributed by atoms with van der Waals surface area (Å²) in [5.41, 5.74) is 5.93. The van der Waals surface area contributed by atoms with Crippen molar-refractivity contribution in [3.8, 4) is 11.5 Å². The lowest BCUT2D eigenvalue weighted by atomic mass is 10.1. The van der Waals surface area contributed by atoms with Crippen molar-refractivity contribution in [3.05, 3.63) is 54.1 Å². The Labute approximate surface area is 140 Å². The largest absolute Gasteiger partial charge is 0.497 e. The molecule has 0 saturated carbocycles. The van der Waals surface area contributed by atoms with Crippen LogP contribution in [0.4, 0.5) is 5.69 Å². The minimum atomic E-state index is -0.710. The third-order valence-electron chi connectivity index (χ3n) is 3.43. The summed E-state index contributed by atoms with van der Waals surface area (Å²) in [7, 11) is 1.56. The highest BCUT2D eigenvalue weighted by atomic mass is 16.5. The Kier molecular flexibility index (Phi) is 5.78. The number of benzene rings is 2. The molecule has 6 nitrogen and oxygen atoms in total. The summed E-state index contributed by atoms with van der Waals surface area (Å²) < 4.78 is 10.9. The van der Waals surface area contributed by atoms with Crippen molar-refractivity contribution >= 4 is 17.5 Å². The monoisotopic (exact) mass is 328 g/mol. The molecule has 2 amide bonds. The summed E-state index contributed by atoms with van der Waals surface area (Å²) in [5.74, 6) is 0.211. The third-order valence-corrected chi connectivity index (χ3v) is 3.43. The van der Waals surface area contributed by atoms with E-state index in [1.54, 1.807) is 55.6 Å². The van der Waals surface area contributed by atoms with Crippen LogP contribution in [0.25, 0.3) is 0 Å². The summed E-state index contributed by atoms with van der Waals surface area (Å²) in [5, 5.41) is 2.70. The molecule has 0 heterocycles. The number of methoxy groups -OCH3 is 1. The van der Waals surface area contributed by atoms with E-state index in [1.807, 2.05) is 6.92 Å². The number of para-hydroxylation sites is 1. The zero-order valence-electron chi connectivity index (χ0n) is 13.6. The lowest BCUT2D eigenvalue weighted by molar-refractivity contribution is -0.122. The van der Waals surface area contributed by atoms with E-state index in [9.17, 15) is 9.59 Å². The van der Waals surface area contributed by atoms with Crippen LogP contribution in [0.2, 0.25) is 0 Å². The molecule has 0 aliphatic heterocycles. The van der Waals surface area contributed by atoms with Gasteiger partial charge in [0.05, 0.1) is 18.4 Å². The standard InChI is InChI=1S/C18H20N2O4/c1-3-16(24-13-8-6-7-12(11-13)23-2)18(22)20-15-10-5-4-9-14(15)17(19)21/h4-11,16H,3H2,1-2H3,(H2,19,21)(H,20,22)/t16-/m1/s1. The van der Waals surface area contributed by atoms with Gasteiger partial charge in [0.15, 0.2) is 6.10 Å². The normalized spacial score (nSPS) is 11.4. The molecule has 3 N–H and O–H groups in total. The fourth-order valence-corrected chi connectivity index (χ4v) is 2.18. The number of nitrogens with two attached hydrogens (primary N) is 1. The van der Waals surface area contributed by atoms with Crippen molar-refractivity contribution < 1.29 is 19.1 Å². The number of anilines is 1. The zero-order valence-corrected chi connectivity index (χ0v) is 13.6. The van der Waals surface area contributed by atoms with Crippen LogP contribution in [0.3, 0.4) is 0 Å². The number of carbonyl (C=O) groups excluding carboxylic acids is 2. The molecule has 2 rings (SSSR count). The highest BCUT2D eigenvalue weighted by Gasteiger charge is 2.20. The summed E-state index contributed by atoms with van der Waals surface area (Å²) in [6, 6.07) is 13.6. The van der Waals surface area contributed by atoms with Crippen LogP contribution in [-0.4, -0.2) is 25.0 Å². The van der Waals surface area contributed by atoms with Crippen LogP contribution in [-0.2, 0) is 4.79 Å². The van der Waals surface area contributed by atoms with Gasteiger partial charge in [-0.25, -0.2) is 0 Å². The Hall–Kier alpha value is -3.02. The van der Waals surface area contributed by atoms with Crippen molar-refractivity contribution in [2.75, 3.05) is 12.4 Å². The predicted octanol–water partition coefficient (Wildman–Crippen LogP) is 2.59. The van der Waals surface area contributed by atoms with Crippen LogP contribution >= 0.6 is 0 Å². The summed E-state index contributed by atoms with van der Waals surface area (Å²) in [4.78, 5) is 23.9. The van der Waals surface area contributed by atoms with Gasteiger partial charge in [0.2, 0.25) is 0 Å². The fourth-order valence-electron chi connectivity index (χ4n) is 2.18. The highest BCUT2D eigenvalue weighted by Crippen LogP contribution is 2.21. The maximum atomic E-state index is 12.5. The minimum Gasteiger partial charge on any atom is -0.497 e. The lowest BCUT2D eigenvalue weighted by Gasteiger charge is -2.18. The topological polar surface area (TPSA) is 90.7 Å². The summed E-state index contributed by atoms with van der Waals surface area (Å²) in [6.07, 6.45) is -0.250. The molecule has 0 spiro atoms. The van der Waals surface area contributed by atoms with E-state index >= 15 is 0 Å². The van der Waals surface area contributed by atoms with Gasteiger partial charge in [-0.2, -0.15) is 0 Å². The van der Waals surface area contributed by atoms with Gasteiger partial charge in [0, 0.05) is 6.07 Å². The van der Waals surface area contributed by atoms with Crippen LogP contribution in [0.1, 0.15) is 23.7 Å². The van der Waals surface area contributed by atoms with E-state index < -0.39 is 12.0 Å². The second-order valence-corrected chi connectivity index (χ2v) is 5.09. The number of hydrogen-bond acceptors (Lipinski definition) is 4. The van der Waals surface area contributed by atoms with E-state index in [-0.39, 0.29) is 11.5 Å². The number of primary amides is 1. The molecule has 2 aromatic rings. The molecule has 126 valence electrons. The van der Waals surface area contributed by atoms with Crippen LogP contribution in [0.15, 0.2) is 48.5 Å². The SMILES string of the molecule is CC[C@@H](Oc1cccc(OC)c1)C(=O)Nc1ccccc1C(N)=O. The smallest absolute Gasteiger partial charge is 0.265 e. The van der Waals surface area contributed by atoms with Gasteiger partial charge in [0.1, 0.15) is 11.5 Å².